The van der Waals surface area contributed by atoms with Crippen molar-refractivity contribution in [3.63, 3.8) is 0 Å². The number of hydrogen-bond donors (Lipinski definition) is 2. The van der Waals surface area contributed by atoms with E-state index in [1.807, 2.05) is 6.07 Å². The number of benzene rings is 1. The molecule has 78 valence electrons. The molecule has 1 rings (SSSR count). The SMILES string of the molecule is CCCCNc1c(C)ccc(N)c1C. The number of unbranched alkanes of at least 4 members (excludes halogenated alkanes) is 1. The molecule has 0 saturated carbocycles. The Labute approximate surface area is 86.5 Å². The van der Waals surface area contributed by atoms with E-state index in [0.717, 1.165) is 12.2 Å². The highest BCUT2D eigenvalue weighted by molar-refractivity contribution is 5.66. The summed E-state index contributed by atoms with van der Waals surface area (Å²) in [5, 5.41) is 3.44. The molecule has 0 unspecified atom stereocenters. The normalized spacial score (nSPS) is 10.2. The maximum Gasteiger partial charge on any atom is 0.0420 e. The lowest BCUT2D eigenvalue weighted by molar-refractivity contribution is 0.833. The lowest BCUT2D eigenvalue weighted by Gasteiger charge is -2.13. The fourth-order valence-electron chi connectivity index (χ4n) is 1.53. The zero-order valence-electron chi connectivity index (χ0n) is 9.35. The molecule has 0 radical (unpaired) electrons. The Balaban J connectivity index is 2.79. The molecule has 2 nitrogen and oxygen atoms in total. The van der Waals surface area contributed by atoms with Gasteiger partial charge in [-0.15, -0.1) is 0 Å². The molecule has 1 aromatic rings. The summed E-state index contributed by atoms with van der Waals surface area (Å²) in [6.07, 6.45) is 2.42. The van der Waals surface area contributed by atoms with E-state index in [-0.39, 0.29) is 0 Å². The molecule has 2 heteroatoms. The Morgan fingerprint density at radius 3 is 2.64 bits per heavy atom. The zero-order valence-corrected chi connectivity index (χ0v) is 9.35. The van der Waals surface area contributed by atoms with Crippen molar-refractivity contribution in [3.8, 4) is 0 Å². The number of rotatable bonds is 4. The summed E-state index contributed by atoms with van der Waals surface area (Å²) >= 11 is 0. The molecule has 3 N–H and O–H groups in total. The summed E-state index contributed by atoms with van der Waals surface area (Å²) in [7, 11) is 0. The van der Waals surface area contributed by atoms with E-state index < -0.39 is 0 Å². The first kappa shape index (κ1) is 10.9. The van der Waals surface area contributed by atoms with Crippen molar-refractivity contribution in [2.24, 2.45) is 0 Å². The first-order valence-corrected chi connectivity index (χ1v) is 5.26. The predicted octanol–water partition coefficient (Wildman–Crippen LogP) is 3.10. The van der Waals surface area contributed by atoms with Crippen molar-refractivity contribution < 1.29 is 0 Å². The highest BCUT2D eigenvalue weighted by Crippen LogP contribution is 2.24. The molecule has 1 aromatic carbocycles. The second-order valence-corrected chi connectivity index (χ2v) is 3.75. The second-order valence-electron chi connectivity index (χ2n) is 3.75. The van der Waals surface area contributed by atoms with E-state index in [1.54, 1.807) is 0 Å². The van der Waals surface area contributed by atoms with Crippen LogP contribution in [0.5, 0.6) is 0 Å². The average Bonchev–Trinajstić information content (AvgIpc) is 2.18. The number of nitrogens with two attached hydrogens (primary N) is 1. The van der Waals surface area contributed by atoms with Gasteiger partial charge in [0.05, 0.1) is 0 Å². The topological polar surface area (TPSA) is 38.0 Å². The van der Waals surface area contributed by atoms with E-state index in [1.165, 1.54) is 29.7 Å². The van der Waals surface area contributed by atoms with E-state index in [2.05, 4.69) is 32.2 Å². The summed E-state index contributed by atoms with van der Waals surface area (Å²) in [4.78, 5) is 0. The maximum absolute atomic E-state index is 5.85. The third kappa shape index (κ3) is 2.41. The monoisotopic (exact) mass is 192 g/mol. The molecule has 0 amide bonds. The van der Waals surface area contributed by atoms with Gasteiger partial charge in [0, 0.05) is 17.9 Å². The van der Waals surface area contributed by atoms with Gasteiger partial charge in [-0.25, -0.2) is 0 Å². The minimum absolute atomic E-state index is 0.870. The third-order valence-corrected chi connectivity index (χ3v) is 2.55. The standard InChI is InChI=1S/C12H20N2/c1-4-5-8-14-12-9(2)6-7-11(13)10(12)3/h6-7,14H,4-5,8,13H2,1-3H3. The molecule has 0 saturated heterocycles. The molecule has 0 aliphatic rings. The third-order valence-electron chi connectivity index (χ3n) is 2.55. The Bertz CT molecular complexity index is 305. The first-order chi connectivity index (χ1) is 6.66. The van der Waals surface area contributed by atoms with Crippen molar-refractivity contribution in [1.82, 2.24) is 0 Å². The van der Waals surface area contributed by atoms with Crippen LogP contribution in [-0.2, 0) is 0 Å². The molecule has 0 heterocycles. The van der Waals surface area contributed by atoms with Crippen molar-refractivity contribution >= 4 is 11.4 Å². The van der Waals surface area contributed by atoms with Crippen molar-refractivity contribution in [1.29, 1.82) is 0 Å². The molecule has 0 atom stereocenters. The lowest BCUT2D eigenvalue weighted by atomic mass is 10.1. The van der Waals surface area contributed by atoms with Crippen molar-refractivity contribution in [2.45, 2.75) is 33.6 Å². The first-order valence-electron chi connectivity index (χ1n) is 5.26. The van der Waals surface area contributed by atoms with E-state index in [0.29, 0.717) is 0 Å². The Morgan fingerprint density at radius 1 is 1.29 bits per heavy atom. The minimum atomic E-state index is 0.870. The average molecular weight is 192 g/mol. The molecule has 0 aromatic heterocycles. The molecule has 0 spiro atoms. The number of anilines is 2. The second kappa shape index (κ2) is 4.89. The lowest BCUT2D eigenvalue weighted by Crippen LogP contribution is -2.05. The van der Waals surface area contributed by atoms with Crippen LogP contribution in [0.25, 0.3) is 0 Å². The van der Waals surface area contributed by atoms with Crippen LogP contribution in [0, 0.1) is 13.8 Å². The Kier molecular flexibility index (Phi) is 3.81. The molecular formula is C12H20N2. The van der Waals surface area contributed by atoms with E-state index >= 15 is 0 Å². The zero-order chi connectivity index (χ0) is 10.6. The van der Waals surface area contributed by atoms with E-state index in [9.17, 15) is 0 Å². The summed E-state index contributed by atoms with van der Waals surface area (Å²) in [6.45, 7) is 7.40. The molecule has 0 bridgehead atoms. The van der Waals surface area contributed by atoms with Gasteiger partial charge in [0.25, 0.3) is 0 Å². The van der Waals surface area contributed by atoms with Gasteiger partial charge < -0.3 is 11.1 Å². The fraction of sp³-hybridized carbons (Fsp3) is 0.500. The van der Waals surface area contributed by atoms with Crippen LogP contribution >= 0.6 is 0 Å². The van der Waals surface area contributed by atoms with Gasteiger partial charge >= 0.3 is 0 Å². The van der Waals surface area contributed by atoms with Gasteiger partial charge in [0.1, 0.15) is 0 Å². The number of nitrogen functional groups attached to an aromatic ring is 1. The highest BCUT2D eigenvalue weighted by Gasteiger charge is 2.03. The number of nitrogens with one attached hydrogen (secondary N) is 1. The Morgan fingerprint density at radius 2 is 2.00 bits per heavy atom. The number of aryl methyl sites for hydroxylation is 1. The minimum Gasteiger partial charge on any atom is -0.398 e. The van der Waals surface area contributed by atoms with Crippen LogP contribution in [0.2, 0.25) is 0 Å². The summed E-state index contributed by atoms with van der Waals surface area (Å²) in [5.41, 5.74) is 10.4. The molecule has 0 fully saturated rings. The Hall–Kier alpha value is -1.18. The van der Waals surface area contributed by atoms with Crippen LogP contribution < -0.4 is 11.1 Å². The molecule has 14 heavy (non-hydrogen) atoms. The van der Waals surface area contributed by atoms with Gasteiger partial charge in [-0.05, 0) is 37.5 Å². The highest BCUT2D eigenvalue weighted by atomic mass is 14.9. The van der Waals surface area contributed by atoms with Crippen LogP contribution in [-0.4, -0.2) is 6.54 Å². The predicted molar refractivity (Wildman–Crippen MR) is 63.7 cm³/mol. The largest absolute Gasteiger partial charge is 0.398 e. The summed E-state index contributed by atoms with van der Waals surface area (Å²) in [6, 6.07) is 4.03. The van der Waals surface area contributed by atoms with Crippen LogP contribution in [0.1, 0.15) is 30.9 Å². The fourth-order valence-corrected chi connectivity index (χ4v) is 1.53. The maximum atomic E-state index is 5.85. The van der Waals surface area contributed by atoms with Gasteiger partial charge in [-0.1, -0.05) is 19.4 Å². The van der Waals surface area contributed by atoms with E-state index in [4.69, 9.17) is 5.73 Å². The molecule has 0 aliphatic carbocycles. The number of hydrogen-bond acceptors (Lipinski definition) is 2. The van der Waals surface area contributed by atoms with Crippen LogP contribution in [0.15, 0.2) is 12.1 Å². The quantitative estimate of drug-likeness (QED) is 0.568. The molecule has 0 aliphatic heterocycles. The summed E-state index contributed by atoms with van der Waals surface area (Å²) < 4.78 is 0. The van der Waals surface area contributed by atoms with Crippen LogP contribution in [0.4, 0.5) is 11.4 Å². The van der Waals surface area contributed by atoms with Gasteiger partial charge in [-0.3, -0.25) is 0 Å². The van der Waals surface area contributed by atoms with Crippen LogP contribution in [0.3, 0.4) is 0 Å². The summed E-state index contributed by atoms with van der Waals surface area (Å²) in [5.74, 6) is 0. The van der Waals surface area contributed by atoms with Gasteiger partial charge in [-0.2, -0.15) is 0 Å². The van der Waals surface area contributed by atoms with Crippen molar-refractivity contribution in [2.75, 3.05) is 17.6 Å². The molecular weight excluding hydrogens is 172 g/mol. The smallest absolute Gasteiger partial charge is 0.0420 e. The van der Waals surface area contributed by atoms with Gasteiger partial charge in [0.15, 0.2) is 0 Å². The van der Waals surface area contributed by atoms with Crippen molar-refractivity contribution in [3.05, 3.63) is 23.3 Å². The van der Waals surface area contributed by atoms with Gasteiger partial charge in [0.2, 0.25) is 0 Å².